The van der Waals surface area contributed by atoms with E-state index in [2.05, 4.69) is 10.0 Å². The fourth-order valence-corrected chi connectivity index (χ4v) is 6.02. The Labute approximate surface area is 226 Å². The van der Waals surface area contributed by atoms with E-state index >= 15 is 0 Å². The van der Waals surface area contributed by atoms with Gasteiger partial charge < -0.3 is 14.8 Å². The molecule has 13 heteroatoms. The summed E-state index contributed by atoms with van der Waals surface area (Å²) in [5.74, 6) is 0.0535. The Kier molecular flexibility index (Phi) is 8.05. The smallest absolute Gasteiger partial charge is 0.261 e. The molecule has 3 aromatic carbocycles. The molecule has 3 aromatic rings. The molecule has 1 aliphatic rings. The average Bonchev–Trinajstić information content (AvgIpc) is 2.90. The van der Waals surface area contributed by atoms with E-state index in [0.717, 1.165) is 4.31 Å². The van der Waals surface area contributed by atoms with Crippen molar-refractivity contribution in [2.45, 2.75) is 18.7 Å². The molecule has 0 radical (unpaired) electrons. The topological polar surface area (TPSA) is 131 Å². The second-order valence-electron chi connectivity index (χ2n) is 8.33. The summed E-state index contributed by atoms with van der Waals surface area (Å²) in [6.45, 7) is 3.41. The highest BCUT2D eigenvalue weighted by Gasteiger charge is 2.26. The summed E-state index contributed by atoms with van der Waals surface area (Å²) in [6, 6.07) is 15.1. The molecule has 0 aliphatic carbocycles. The lowest BCUT2D eigenvalue weighted by Gasteiger charge is -2.25. The fraction of sp³-hybridized carbons (Fsp3) is 0.240. The molecule has 2 N–H and O–H groups in total. The third-order valence-electron chi connectivity index (χ3n) is 5.76. The first kappa shape index (κ1) is 27.6. The number of hydrogen-bond donors (Lipinski definition) is 2. The van der Waals surface area contributed by atoms with Crippen LogP contribution in [-0.2, 0) is 24.8 Å². The largest absolute Gasteiger partial charge is 0.486 e. The molecule has 0 saturated carbocycles. The summed E-state index contributed by atoms with van der Waals surface area (Å²) in [4.78, 5) is 12.8. The first-order chi connectivity index (χ1) is 18.0. The Morgan fingerprint density at radius 2 is 1.66 bits per heavy atom. The van der Waals surface area contributed by atoms with Crippen LogP contribution in [0.25, 0.3) is 0 Å². The monoisotopic (exact) mass is 579 g/mol. The minimum atomic E-state index is -3.91. The molecular formula is C25H26ClN3O7S2. The normalized spacial score (nSPS) is 13.0. The molecule has 38 heavy (non-hydrogen) atoms. The zero-order valence-corrected chi connectivity index (χ0v) is 23.0. The van der Waals surface area contributed by atoms with Gasteiger partial charge in [-0.05, 0) is 67.9 Å². The van der Waals surface area contributed by atoms with Crippen molar-refractivity contribution in [1.82, 2.24) is 0 Å². The van der Waals surface area contributed by atoms with Crippen molar-refractivity contribution in [3.8, 4) is 11.5 Å². The highest BCUT2D eigenvalue weighted by molar-refractivity contribution is 7.93. The van der Waals surface area contributed by atoms with Gasteiger partial charge in [0.1, 0.15) is 19.8 Å². The van der Waals surface area contributed by atoms with Gasteiger partial charge in [0.2, 0.25) is 15.9 Å². The van der Waals surface area contributed by atoms with Gasteiger partial charge in [0.05, 0.1) is 22.0 Å². The van der Waals surface area contributed by atoms with E-state index in [1.165, 1.54) is 37.3 Å². The molecule has 0 unspecified atom stereocenters. The maximum absolute atomic E-state index is 12.8. The van der Waals surface area contributed by atoms with Gasteiger partial charge in [-0.3, -0.25) is 13.8 Å². The molecule has 1 heterocycles. The van der Waals surface area contributed by atoms with E-state index in [4.69, 9.17) is 21.1 Å². The molecule has 1 aliphatic heterocycles. The van der Waals surface area contributed by atoms with Crippen molar-refractivity contribution >= 4 is 54.6 Å². The fourth-order valence-electron chi connectivity index (χ4n) is 3.66. The van der Waals surface area contributed by atoms with E-state index in [0.29, 0.717) is 46.7 Å². The Hall–Kier alpha value is -3.48. The van der Waals surface area contributed by atoms with Crippen LogP contribution in [0.5, 0.6) is 11.5 Å². The second kappa shape index (κ2) is 11.1. The van der Waals surface area contributed by atoms with Gasteiger partial charge >= 0.3 is 0 Å². The number of carbonyl (C=O) groups is 1. The molecule has 0 saturated heterocycles. The predicted molar refractivity (Wildman–Crippen MR) is 146 cm³/mol. The Bertz CT molecular complexity index is 1560. The molecule has 0 aromatic heterocycles. The van der Waals surface area contributed by atoms with Crippen LogP contribution in [0.1, 0.15) is 12.5 Å². The lowest BCUT2D eigenvalue weighted by molar-refractivity contribution is -0.114. The number of sulfonamides is 2. The number of rotatable bonds is 9. The zero-order valence-electron chi connectivity index (χ0n) is 20.6. The van der Waals surface area contributed by atoms with Crippen LogP contribution in [-0.4, -0.2) is 48.3 Å². The minimum absolute atomic E-state index is 0.0265. The van der Waals surface area contributed by atoms with Crippen LogP contribution in [0, 0.1) is 6.92 Å². The van der Waals surface area contributed by atoms with Gasteiger partial charge in [0.15, 0.2) is 11.5 Å². The van der Waals surface area contributed by atoms with Gasteiger partial charge in [0, 0.05) is 16.8 Å². The van der Waals surface area contributed by atoms with Gasteiger partial charge in [0.25, 0.3) is 10.0 Å². The van der Waals surface area contributed by atoms with Crippen LogP contribution in [0.15, 0.2) is 65.6 Å². The zero-order chi connectivity index (χ0) is 27.5. The number of anilines is 3. The molecule has 0 spiro atoms. The summed E-state index contributed by atoms with van der Waals surface area (Å²) in [6.07, 6.45) is 0. The number of nitrogens with one attached hydrogen (secondary N) is 2. The molecule has 4 rings (SSSR count). The third kappa shape index (κ3) is 6.14. The van der Waals surface area contributed by atoms with Crippen LogP contribution in [0.2, 0.25) is 5.02 Å². The summed E-state index contributed by atoms with van der Waals surface area (Å²) in [5.41, 5.74) is 1.50. The first-order valence-corrected chi connectivity index (χ1v) is 15.0. The van der Waals surface area contributed by atoms with E-state index < -0.39 is 32.5 Å². The highest BCUT2D eigenvalue weighted by Crippen LogP contribution is 2.35. The number of amides is 1. The summed E-state index contributed by atoms with van der Waals surface area (Å²) in [7, 11) is -7.72. The molecule has 0 atom stereocenters. The Morgan fingerprint density at radius 3 is 2.34 bits per heavy atom. The second-order valence-corrected chi connectivity index (χ2v) is 12.6. The molecular weight excluding hydrogens is 554 g/mol. The van der Waals surface area contributed by atoms with Crippen LogP contribution < -0.4 is 23.8 Å². The van der Waals surface area contributed by atoms with Gasteiger partial charge in [-0.25, -0.2) is 16.8 Å². The van der Waals surface area contributed by atoms with Crippen molar-refractivity contribution in [3.63, 3.8) is 0 Å². The maximum atomic E-state index is 12.8. The summed E-state index contributed by atoms with van der Waals surface area (Å²) >= 11 is 6.07. The molecule has 1 amide bonds. The van der Waals surface area contributed by atoms with Crippen molar-refractivity contribution in [2.24, 2.45) is 0 Å². The van der Waals surface area contributed by atoms with Gasteiger partial charge in [-0.2, -0.15) is 0 Å². The number of hydrogen-bond acceptors (Lipinski definition) is 7. The van der Waals surface area contributed by atoms with Crippen molar-refractivity contribution in [3.05, 3.63) is 71.2 Å². The number of nitrogens with zero attached hydrogens (tertiary/aromatic N) is 1. The van der Waals surface area contributed by atoms with Gasteiger partial charge in [-0.15, -0.1) is 0 Å². The van der Waals surface area contributed by atoms with E-state index in [1.54, 1.807) is 37.3 Å². The number of carbonyl (C=O) groups excluding carboxylic acids is 1. The maximum Gasteiger partial charge on any atom is 0.261 e. The molecule has 202 valence electrons. The van der Waals surface area contributed by atoms with Crippen molar-refractivity contribution in [2.75, 3.05) is 39.9 Å². The van der Waals surface area contributed by atoms with Crippen LogP contribution >= 0.6 is 11.6 Å². The Balaban J connectivity index is 1.48. The third-order valence-corrected chi connectivity index (χ3v) is 9.29. The molecule has 0 fully saturated rings. The lowest BCUT2D eigenvalue weighted by atomic mass is 10.2. The number of benzene rings is 3. The van der Waals surface area contributed by atoms with Gasteiger partial charge in [-0.1, -0.05) is 17.7 Å². The predicted octanol–water partition coefficient (Wildman–Crippen LogP) is 4.02. The first-order valence-electron chi connectivity index (χ1n) is 11.6. The van der Waals surface area contributed by atoms with E-state index in [9.17, 15) is 21.6 Å². The number of fused-ring (bicyclic) bond motifs is 1. The summed E-state index contributed by atoms with van der Waals surface area (Å²) < 4.78 is 65.7. The lowest BCUT2D eigenvalue weighted by Crippen LogP contribution is -2.39. The standard InChI is InChI=1S/C25H26ClN3O7S2/c1-3-37(31,32)29(19-9-12-23-24(15-19)36-14-13-35-23)16-25(30)27-18-7-10-20(11-8-18)38(33,34)28-22-6-4-5-21(26)17(22)2/h4-12,15,28H,3,13-14,16H2,1-2H3,(H,27,30). The number of ether oxygens (including phenoxy) is 2. The average molecular weight is 580 g/mol. The van der Waals surface area contributed by atoms with Crippen molar-refractivity contribution < 1.29 is 31.1 Å². The van der Waals surface area contributed by atoms with E-state index in [1.807, 2.05) is 0 Å². The SMILES string of the molecule is CCS(=O)(=O)N(CC(=O)Nc1ccc(S(=O)(=O)Nc2cccc(Cl)c2C)cc1)c1ccc2c(c1)OCCO2. The minimum Gasteiger partial charge on any atom is -0.486 e. The highest BCUT2D eigenvalue weighted by atomic mass is 35.5. The number of halogens is 1. The van der Waals surface area contributed by atoms with Crippen molar-refractivity contribution in [1.29, 1.82) is 0 Å². The molecule has 0 bridgehead atoms. The van der Waals surface area contributed by atoms with Crippen LogP contribution in [0.3, 0.4) is 0 Å². The molecule has 10 nitrogen and oxygen atoms in total. The summed E-state index contributed by atoms with van der Waals surface area (Å²) in [5, 5.41) is 3.04. The van der Waals surface area contributed by atoms with Crippen LogP contribution in [0.4, 0.5) is 17.1 Å². The Morgan fingerprint density at radius 1 is 0.974 bits per heavy atom. The van der Waals surface area contributed by atoms with E-state index in [-0.39, 0.29) is 16.3 Å². The quantitative estimate of drug-likeness (QED) is 0.391.